The van der Waals surface area contributed by atoms with E-state index in [4.69, 9.17) is 14.7 Å². The molecule has 2 N–H and O–H groups in total. The lowest BCUT2D eigenvalue weighted by atomic mass is 9.86. The number of ether oxygens (including phenoxy) is 1. The van der Waals surface area contributed by atoms with Crippen molar-refractivity contribution in [2.24, 2.45) is 0 Å². The first kappa shape index (κ1) is 21.7. The number of carboxylic acids is 1. The molecule has 1 atom stereocenters. The Morgan fingerprint density at radius 3 is 2.69 bits per heavy atom. The Morgan fingerprint density at radius 1 is 1.06 bits per heavy atom. The van der Waals surface area contributed by atoms with E-state index in [0.29, 0.717) is 12.4 Å². The molecule has 32 heavy (non-hydrogen) atoms. The fourth-order valence-electron chi connectivity index (χ4n) is 4.00. The minimum absolute atomic E-state index is 0.127. The molecular weight excluding hydrogens is 404 g/mol. The molecule has 1 unspecified atom stereocenters. The molecule has 0 saturated carbocycles. The Morgan fingerprint density at radius 2 is 1.91 bits per heavy atom. The van der Waals surface area contributed by atoms with Crippen LogP contribution in [-0.4, -0.2) is 29.3 Å². The summed E-state index contributed by atoms with van der Waals surface area (Å²) in [5.74, 6) is -0.328. The minimum atomic E-state index is -0.977. The number of pyridine rings is 1. The molecule has 1 aliphatic rings. The predicted molar refractivity (Wildman–Crippen MR) is 122 cm³/mol. The molecule has 4 rings (SSSR count). The fraction of sp³-hybridized carbons (Fsp3) is 0.231. The summed E-state index contributed by atoms with van der Waals surface area (Å²) in [6, 6.07) is 19.7. The smallest absolute Gasteiger partial charge is 0.341 e. The Kier molecular flexibility index (Phi) is 7.27. The summed E-state index contributed by atoms with van der Waals surface area (Å²) < 4.78 is 5.49. The van der Waals surface area contributed by atoms with Crippen molar-refractivity contribution < 1.29 is 19.5 Å². The van der Waals surface area contributed by atoms with Crippen molar-refractivity contribution >= 4 is 11.5 Å². The van der Waals surface area contributed by atoms with Gasteiger partial charge in [-0.05, 0) is 53.7 Å². The normalized spacial score (nSPS) is 15.2. The largest absolute Gasteiger partial charge is 0.482 e. The van der Waals surface area contributed by atoms with Gasteiger partial charge in [-0.1, -0.05) is 54.6 Å². The van der Waals surface area contributed by atoms with E-state index < -0.39 is 5.97 Å². The van der Waals surface area contributed by atoms with Crippen molar-refractivity contribution in [3.63, 3.8) is 0 Å². The number of fused-ring (bicyclic) bond motifs is 1. The number of carboxylic acid groups (broad SMARTS) is 1. The monoisotopic (exact) mass is 430 g/mol. The first-order valence-electron chi connectivity index (χ1n) is 10.7. The highest BCUT2D eigenvalue weighted by atomic mass is 16.6. The minimum Gasteiger partial charge on any atom is -0.482 e. The maximum atomic E-state index is 10.9. The second kappa shape index (κ2) is 10.7. The lowest BCUT2D eigenvalue weighted by molar-refractivity contribution is -0.139. The number of nitrogens with one attached hydrogen (secondary N) is 1. The van der Waals surface area contributed by atoms with Gasteiger partial charge in [-0.15, -0.1) is 0 Å². The van der Waals surface area contributed by atoms with Crippen molar-refractivity contribution in [3.05, 3.63) is 101 Å². The average Bonchev–Trinajstić information content (AvgIpc) is 2.84. The summed E-state index contributed by atoms with van der Waals surface area (Å²) in [5, 5.41) is 8.92. The molecule has 6 heteroatoms. The topological polar surface area (TPSA) is 80.7 Å². The number of hydrogen-bond donors (Lipinski definition) is 2. The van der Waals surface area contributed by atoms with Gasteiger partial charge in [-0.2, -0.15) is 5.48 Å². The number of benzene rings is 2. The van der Waals surface area contributed by atoms with Crippen LogP contribution in [0.3, 0.4) is 0 Å². The molecule has 0 spiro atoms. The second-order valence-electron chi connectivity index (χ2n) is 7.61. The van der Waals surface area contributed by atoms with Gasteiger partial charge in [0.2, 0.25) is 0 Å². The summed E-state index contributed by atoms with van der Waals surface area (Å²) >= 11 is 0. The third-order valence-corrected chi connectivity index (χ3v) is 5.47. The third kappa shape index (κ3) is 5.41. The zero-order valence-electron chi connectivity index (χ0n) is 17.7. The standard InChI is InChI=1S/C26H26N2O4/c29-25(30)18-31-24-13-5-11-22-19(9-4-12-23(22)24)14-16-32-28-26(20-7-2-1-3-8-20)21-10-6-15-27-17-21/h1-3,5-8,10-11,13-15,17,26,28H,4,9,12,16,18H2,(H,29,30)/b19-14-. The van der Waals surface area contributed by atoms with Crippen LogP contribution in [0.1, 0.15) is 41.1 Å². The molecule has 6 nitrogen and oxygen atoms in total. The zero-order chi connectivity index (χ0) is 22.2. The molecule has 164 valence electrons. The van der Waals surface area contributed by atoms with Gasteiger partial charge < -0.3 is 9.84 Å². The van der Waals surface area contributed by atoms with Gasteiger partial charge in [0.15, 0.2) is 6.61 Å². The van der Waals surface area contributed by atoms with Crippen molar-refractivity contribution in [3.8, 4) is 5.75 Å². The third-order valence-electron chi connectivity index (χ3n) is 5.47. The van der Waals surface area contributed by atoms with Crippen LogP contribution in [0.15, 0.2) is 79.1 Å². The summed E-state index contributed by atoms with van der Waals surface area (Å²) in [7, 11) is 0. The van der Waals surface area contributed by atoms with Crippen LogP contribution in [0, 0.1) is 0 Å². The molecule has 1 aromatic heterocycles. The Labute approximate surface area is 187 Å². The number of aromatic nitrogens is 1. The van der Waals surface area contributed by atoms with Crippen LogP contribution in [-0.2, 0) is 16.1 Å². The van der Waals surface area contributed by atoms with Crippen molar-refractivity contribution in [1.82, 2.24) is 10.5 Å². The molecule has 1 heterocycles. The first-order chi connectivity index (χ1) is 15.7. The van der Waals surface area contributed by atoms with Crippen LogP contribution in [0.25, 0.3) is 5.57 Å². The Bertz CT molecular complexity index is 1030. The van der Waals surface area contributed by atoms with Crippen molar-refractivity contribution in [2.45, 2.75) is 25.3 Å². The predicted octanol–water partition coefficient (Wildman–Crippen LogP) is 4.58. The van der Waals surface area contributed by atoms with Gasteiger partial charge in [0.1, 0.15) is 5.75 Å². The number of carbonyl (C=O) groups is 1. The van der Waals surface area contributed by atoms with Gasteiger partial charge in [0, 0.05) is 18.0 Å². The summed E-state index contributed by atoms with van der Waals surface area (Å²) in [6.07, 6.45) is 8.48. The maximum Gasteiger partial charge on any atom is 0.341 e. The van der Waals surface area contributed by atoms with Crippen molar-refractivity contribution in [1.29, 1.82) is 0 Å². The van der Waals surface area contributed by atoms with E-state index >= 15 is 0 Å². The Hall–Kier alpha value is -3.48. The van der Waals surface area contributed by atoms with E-state index in [1.807, 2.05) is 48.7 Å². The molecule has 0 aliphatic heterocycles. The number of allylic oxidation sites excluding steroid dienone is 1. The Balaban J connectivity index is 1.45. The molecule has 0 bridgehead atoms. The number of aliphatic carboxylic acids is 1. The lowest BCUT2D eigenvalue weighted by Crippen LogP contribution is -2.23. The lowest BCUT2D eigenvalue weighted by Gasteiger charge is -2.22. The van der Waals surface area contributed by atoms with E-state index in [2.05, 4.69) is 34.7 Å². The van der Waals surface area contributed by atoms with Crippen LogP contribution in [0.4, 0.5) is 0 Å². The van der Waals surface area contributed by atoms with Gasteiger partial charge in [0.25, 0.3) is 0 Å². The summed E-state index contributed by atoms with van der Waals surface area (Å²) in [5.41, 5.74) is 8.66. The van der Waals surface area contributed by atoms with Crippen LogP contribution >= 0.6 is 0 Å². The number of hydrogen-bond acceptors (Lipinski definition) is 5. The SMILES string of the molecule is O=C(O)COc1cccc2c1CCC/C2=C/CONC(c1ccccc1)c1cccnc1. The molecule has 3 aromatic rings. The number of nitrogens with zero attached hydrogens (tertiary/aromatic N) is 1. The maximum absolute atomic E-state index is 10.9. The average molecular weight is 431 g/mol. The van der Waals surface area contributed by atoms with Gasteiger partial charge in [0.05, 0.1) is 12.6 Å². The second-order valence-corrected chi connectivity index (χ2v) is 7.61. The van der Waals surface area contributed by atoms with Crippen LogP contribution in [0.2, 0.25) is 0 Å². The number of rotatable bonds is 9. The quantitative estimate of drug-likeness (QED) is 0.382. The van der Waals surface area contributed by atoms with E-state index in [9.17, 15) is 4.79 Å². The van der Waals surface area contributed by atoms with E-state index in [0.717, 1.165) is 41.5 Å². The van der Waals surface area contributed by atoms with E-state index in [1.54, 1.807) is 6.20 Å². The fourth-order valence-corrected chi connectivity index (χ4v) is 4.00. The molecule has 0 fully saturated rings. The van der Waals surface area contributed by atoms with Crippen LogP contribution < -0.4 is 10.2 Å². The highest BCUT2D eigenvalue weighted by Crippen LogP contribution is 2.36. The summed E-state index contributed by atoms with van der Waals surface area (Å²) in [4.78, 5) is 21.0. The molecule has 2 aromatic carbocycles. The molecular formula is C26H26N2O4. The molecule has 0 radical (unpaired) electrons. The van der Waals surface area contributed by atoms with Gasteiger partial charge in [-0.25, -0.2) is 4.79 Å². The van der Waals surface area contributed by atoms with E-state index in [-0.39, 0.29) is 12.6 Å². The molecule has 0 amide bonds. The number of hydroxylamine groups is 1. The first-order valence-corrected chi connectivity index (χ1v) is 10.7. The van der Waals surface area contributed by atoms with Gasteiger partial charge in [-0.3, -0.25) is 9.82 Å². The zero-order valence-corrected chi connectivity index (χ0v) is 17.7. The van der Waals surface area contributed by atoms with Crippen molar-refractivity contribution in [2.75, 3.05) is 13.2 Å². The van der Waals surface area contributed by atoms with E-state index in [1.165, 1.54) is 5.57 Å². The summed E-state index contributed by atoms with van der Waals surface area (Å²) in [6.45, 7) is 0.0658. The van der Waals surface area contributed by atoms with Crippen LogP contribution in [0.5, 0.6) is 5.75 Å². The molecule has 0 saturated heterocycles. The highest BCUT2D eigenvalue weighted by molar-refractivity contribution is 5.73. The van der Waals surface area contributed by atoms with Gasteiger partial charge >= 0.3 is 5.97 Å². The highest BCUT2D eigenvalue weighted by Gasteiger charge is 2.19. The molecule has 1 aliphatic carbocycles.